The van der Waals surface area contributed by atoms with Gasteiger partial charge in [-0.05, 0) is 36.0 Å². The summed E-state index contributed by atoms with van der Waals surface area (Å²) in [6, 6.07) is 14.4. The van der Waals surface area contributed by atoms with E-state index in [0.717, 1.165) is 12.7 Å². The summed E-state index contributed by atoms with van der Waals surface area (Å²) in [6.07, 6.45) is -3.88. The third kappa shape index (κ3) is 4.18. The zero-order valence-electron chi connectivity index (χ0n) is 18.7. The molecule has 0 aromatic heterocycles. The van der Waals surface area contributed by atoms with Crippen LogP contribution in [-0.2, 0) is 19.9 Å². The van der Waals surface area contributed by atoms with Gasteiger partial charge in [-0.2, -0.15) is 13.2 Å². The van der Waals surface area contributed by atoms with Gasteiger partial charge in [-0.3, -0.25) is 9.59 Å². The Morgan fingerprint density at radius 1 is 1.09 bits per heavy atom. The van der Waals surface area contributed by atoms with Gasteiger partial charge >= 0.3 is 6.18 Å². The average molecular weight is 495 g/mol. The topological polar surface area (TPSA) is 58.6 Å². The van der Waals surface area contributed by atoms with Crippen LogP contribution in [-0.4, -0.2) is 49.6 Å². The fraction of sp³-hybridized carbons (Fsp3) is 0.440. The summed E-state index contributed by atoms with van der Waals surface area (Å²) in [4.78, 5) is 27.0. The van der Waals surface area contributed by atoms with Crippen LogP contribution >= 0.6 is 11.6 Å². The number of ether oxygens (including phenoxy) is 1. The Kier molecular flexibility index (Phi) is 6.66. The molecule has 182 valence electrons. The highest BCUT2D eigenvalue weighted by atomic mass is 35.5. The summed E-state index contributed by atoms with van der Waals surface area (Å²) in [5, 5.41) is 3.50. The molecule has 2 aromatic carbocycles. The molecule has 2 amide bonds. The smallest absolute Gasteiger partial charge is 0.356 e. The standard InChI is InChI=1S/C25H26ClF3N2O3/c1-34-24(25(27,28)29,18-5-3-2-4-6-18)22(33)31-13-11-23(12-14-31)15-21(32)30-16-20(23)17-7-9-19(26)10-8-17/h2-10,20H,11-16H2,1H3,(H,30,32)/t20-,24+/m0/s1. The summed E-state index contributed by atoms with van der Waals surface area (Å²) in [7, 11) is 0.909. The zero-order chi connectivity index (χ0) is 24.6. The third-order valence-electron chi connectivity index (χ3n) is 7.26. The van der Waals surface area contributed by atoms with Gasteiger partial charge in [-0.1, -0.05) is 54.1 Å². The lowest BCUT2D eigenvalue weighted by Gasteiger charge is -2.50. The van der Waals surface area contributed by atoms with E-state index < -0.39 is 23.1 Å². The minimum absolute atomic E-state index is 0.0244. The van der Waals surface area contributed by atoms with Crippen LogP contribution < -0.4 is 5.32 Å². The van der Waals surface area contributed by atoms with Crippen molar-refractivity contribution in [1.82, 2.24) is 10.2 Å². The molecular weight excluding hydrogens is 469 g/mol. The first-order valence-electron chi connectivity index (χ1n) is 11.1. The molecule has 9 heteroatoms. The number of likely N-dealkylation sites (tertiary alicyclic amines) is 1. The van der Waals surface area contributed by atoms with Gasteiger partial charge in [0, 0.05) is 49.7 Å². The van der Waals surface area contributed by atoms with Gasteiger partial charge in [0.15, 0.2) is 0 Å². The molecule has 0 saturated carbocycles. The van der Waals surface area contributed by atoms with E-state index in [1.54, 1.807) is 18.2 Å². The molecule has 2 saturated heterocycles. The molecule has 2 aliphatic rings. The van der Waals surface area contributed by atoms with Crippen molar-refractivity contribution in [2.45, 2.75) is 37.0 Å². The van der Waals surface area contributed by atoms with Crippen molar-refractivity contribution >= 4 is 23.4 Å². The van der Waals surface area contributed by atoms with E-state index in [2.05, 4.69) is 5.32 Å². The van der Waals surface area contributed by atoms with Crippen molar-refractivity contribution in [2.75, 3.05) is 26.7 Å². The highest BCUT2D eigenvalue weighted by molar-refractivity contribution is 6.30. The number of hydrogen-bond donors (Lipinski definition) is 1. The van der Waals surface area contributed by atoms with Crippen molar-refractivity contribution in [3.05, 3.63) is 70.7 Å². The third-order valence-corrected chi connectivity index (χ3v) is 7.51. The molecule has 0 aliphatic carbocycles. The number of alkyl halides is 3. The van der Waals surface area contributed by atoms with Gasteiger partial charge < -0.3 is 15.0 Å². The van der Waals surface area contributed by atoms with Crippen LogP contribution in [0.4, 0.5) is 13.2 Å². The number of carbonyl (C=O) groups is 2. The monoisotopic (exact) mass is 494 g/mol. The number of nitrogens with zero attached hydrogens (tertiary/aromatic N) is 1. The van der Waals surface area contributed by atoms with Crippen molar-refractivity contribution < 1.29 is 27.5 Å². The normalized spacial score (nSPS) is 22.2. The van der Waals surface area contributed by atoms with Crippen LogP contribution in [0.15, 0.2) is 54.6 Å². The lowest BCUT2D eigenvalue weighted by Crippen LogP contribution is -2.60. The Morgan fingerprint density at radius 2 is 1.71 bits per heavy atom. The summed E-state index contributed by atoms with van der Waals surface area (Å²) < 4.78 is 48.0. The first-order chi connectivity index (χ1) is 16.1. The van der Waals surface area contributed by atoms with Crippen molar-refractivity contribution in [3.8, 4) is 0 Å². The highest BCUT2D eigenvalue weighted by Crippen LogP contribution is 2.50. The molecule has 2 aliphatic heterocycles. The number of benzene rings is 2. The number of amides is 2. The van der Waals surface area contributed by atoms with Crippen molar-refractivity contribution in [3.63, 3.8) is 0 Å². The Balaban J connectivity index is 1.61. The molecule has 4 rings (SSSR count). The van der Waals surface area contributed by atoms with Crippen molar-refractivity contribution in [2.24, 2.45) is 5.41 Å². The Hall–Kier alpha value is -2.58. The second kappa shape index (κ2) is 9.23. The second-order valence-electron chi connectivity index (χ2n) is 8.99. The molecule has 2 heterocycles. The van der Waals surface area contributed by atoms with Gasteiger partial charge in [-0.15, -0.1) is 0 Å². The summed E-state index contributed by atoms with van der Waals surface area (Å²) in [6.45, 7) is 0.636. The molecule has 0 unspecified atom stereocenters. The van der Waals surface area contributed by atoms with E-state index in [9.17, 15) is 22.8 Å². The highest BCUT2D eigenvalue weighted by Gasteiger charge is 2.64. The lowest BCUT2D eigenvalue weighted by atomic mass is 9.62. The minimum atomic E-state index is -4.95. The Labute approximate surface area is 201 Å². The Morgan fingerprint density at radius 3 is 2.26 bits per heavy atom. The summed E-state index contributed by atoms with van der Waals surface area (Å²) in [5.74, 6) is -1.24. The Bertz CT molecular complexity index is 1040. The van der Waals surface area contributed by atoms with Crippen LogP contribution in [0, 0.1) is 5.41 Å². The molecule has 2 aromatic rings. The van der Waals surface area contributed by atoms with Gasteiger partial charge in [0.2, 0.25) is 5.91 Å². The molecule has 2 atom stereocenters. The molecule has 2 fully saturated rings. The first kappa shape index (κ1) is 24.5. The van der Waals surface area contributed by atoms with E-state index in [4.69, 9.17) is 16.3 Å². The number of piperidine rings is 2. The molecule has 5 nitrogen and oxygen atoms in total. The van der Waals surface area contributed by atoms with Crippen LogP contribution in [0.1, 0.15) is 36.3 Å². The molecule has 0 radical (unpaired) electrons. The fourth-order valence-electron chi connectivity index (χ4n) is 5.41. The summed E-state index contributed by atoms with van der Waals surface area (Å²) >= 11 is 6.03. The fourth-order valence-corrected chi connectivity index (χ4v) is 5.54. The molecule has 0 bridgehead atoms. The molecule has 1 spiro atoms. The van der Waals surface area contributed by atoms with Crippen molar-refractivity contribution in [1.29, 1.82) is 0 Å². The zero-order valence-corrected chi connectivity index (χ0v) is 19.5. The van der Waals surface area contributed by atoms with E-state index in [1.165, 1.54) is 29.2 Å². The van der Waals surface area contributed by atoms with Gasteiger partial charge in [0.25, 0.3) is 11.5 Å². The summed E-state index contributed by atoms with van der Waals surface area (Å²) in [5.41, 5.74) is -2.78. The average Bonchev–Trinajstić information content (AvgIpc) is 2.81. The maximum Gasteiger partial charge on any atom is 0.430 e. The van der Waals surface area contributed by atoms with Crippen LogP contribution in [0.3, 0.4) is 0 Å². The maximum atomic E-state index is 14.3. The minimum Gasteiger partial charge on any atom is -0.356 e. The molecular formula is C25H26ClF3N2O3. The van der Waals surface area contributed by atoms with E-state index in [-0.39, 0.29) is 36.9 Å². The predicted molar refractivity (Wildman–Crippen MR) is 121 cm³/mol. The van der Waals surface area contributed by atoms with Gasteiger partial charge in [-0.25, -0.2) is 0 Å². The number of nitrogens with one attached hydrogen (secondary N) is 1. The first-order valence-corrected chi connectivity index (χ1v) is 11.5. The van der Waals surface area contributed by atoms with Crippen LogP contribution in [0.25, 0.3) is 0 Å². The van der Waals surface area contributed by atoms with Crippen LogP contribution in [0.5, 0.6) is 0 Å². The lowest BCUT2D eigenvalue weighted by molar-refractivity contribution is -0.271. The maximum absolute atomic E-state index is 14.3. The predicted octanol–water partition coefficient (Wildman–Crippen LogP) is 4.66. The largest absolute Gasteiger partial charge is 0.430 e. The van der Waals surface area contributed by atoms with E-state index >= 15 is 0 Å². The molecule has 1 N–H and O–H groups in total. The van der Waals surface area contributed by atoms with Gasteiger partial charge in [0.1, 0.15) is 0 Å². The number of carbonyl (C=O) groups excluding carboxylic acids is 2. The molecule has 34 heavy (non-hydrogen) atoms. The quantitative estimate of drug-likeness (QED) is 0.672. The number of rotatable bonds is 4. The van der Waals surface area contributed by atoms with Gasteiger partial charge in [0.05, 0.1) is 0 Å². The van der Waals surface area contributed by atoms with E-state index in [1.807, 2.05) is 12.1 Å². The second-order valence-corrected chi connectivity index (χ2v) is 9.43. The number of halogens is 4. The van der Waals surface area contributed by atoms with E-state index in [0.29, 0.717) is 24.4 Å². The number of hydrogen-bond acceptors (Lipinski definition) is 3. The van der Waals surface area contributed by atoms with Crippen LogP contribution in [0.2, 0.25) is 5.02 Å². The number of methoxy groups -OCH3 is 1. The SMILES string of the molecule is CO[C@@](C(=O)N1CCC2(CC1)CC(=O)NC[C@H]2c1ccc(Cl)cc1)(c1ccccc1)C(F)(F)F.